The zero-order valence-corrected chi connectivity index (χ0v) is 16.2. The molecule has 0 spiro atoms. The monoisotopic (exact) mass is 376 g/mol. The van der Waals surface area contributed by atoms with Crippen molar-refractivity contribution in [2.45, 2.75) is 19.4 Å². The second kappa shape index (κ2) is 8.86. The Kier molecular flexibility index (Phi) is 7.09. The number of halogens is 2. The zero-order valence-electron chi connectivity index (χ0n) is 14.6. The molecule has 134 valence electrons. The number of hydrogen-bond donors (Lipinski definition) is 1. The Balaban J connectivity index is 0.00000113. The van der Waals surface area contributed by atoms with Crippen molar-refractivity contribution in [3.63, 3.8) is 0 Å². The molecule has 1 atom stereocenters. The predicted molar refractivity (Wildman–Crippen MR) is 113 cm³/mol. The van der Waals surface area contributed by atoms with E-state index in [-0.39, 0.29) is 24.8 Å². The van der Waals surface area contributed by atoms with Crippen molar-refractivity contribution >= 4 is 46.4 Å². The molecule has 1 aliphatic heterocycles. The van der Waals surface area contributed by atoms with Crippen LogP contribution in [0.25, 0.3) is 21.5 Å². The van der Waals surface area contributed by atoms with E-state index in [9.17, 15) is 0 Å². The summed E-state index contributed by atoms with van der Waals surface area (Å²) in [5, 5.41) is 8.99. The third kappa shape index (κ3) is 3.78. The highest BCUT2D eigenvalue weighted by molar-refractivity contribution is 6.09. The molecule has 0 saturated carbocycles. The Bertz CT molecular complexity index is 828. The van der Waals surface area contributed by atoms with Crippen molar-refractivity contribution in [1.82, 2.24) is 10.2 Å². The molecule has 1 heterocycles. The van der Waals surface area contributed by atoms with E-state index >= 15 is 0 Å². The number of benzene rings is 3. The maximum atomic E-state index is 3.47. The van der Waals surface area contributed by atoms with Gasteiger partial charge in [0.25, 0.3) is 0 Å². The van der Waals surface area contributed by atoms with Gasteiger partial charge >= 0.3 is 0 Å². The third-order valence-electron chi connectivity index (χ3n) is 5.14. The van der Waals surface area contributed by atoms with Crippen LogP contribution in [0.15, 0.2) is 54.6 Å². The van der Waals surface area contributed by atoms with E-state index in [1.807, 2.05) is 0 Å². The molecule has 0 unspecified atom stereocenters. The number of nitrogens with one attached hydrogen (secondary N) is 1. The zero-order chi connectivity index (χ0) is 15.6. The lowest BCUT2D eigenvalue weighted by molar-refractivity contribution is 0.170. The SMILES string of the molecule is CC[C@@H](c1cc2ccccc2c2ccccc12)N1CCNCC1.Cl.Cl. The first-order valence-electron chi connectivity index (χ1n) is 8.73. The van der Waals surface area contributed by atoms with E-state index in [0.29, 0.717) is 6.04 Å². The van der Waals surface area contributed by atoms with Gasteiger partial charge in [-0.3, -0.25) is 4.90 Å². The predicted octanol–water partition coefficient (Wildman–Crippen LogP) is 5.19. The van der Waals surface area contributed by atoms with Gasteiger partial charge in [0.2, 0.25) is 0 Å². The van der Waals surface area contributed by atoms with Crippen LogP contribution in [0.4, 0.5) is 0 Å². The van der Waals surface area contributed by atoms with Crippen molar-refractivity contribution in [2.24, 2.45) is 0 Å². The van der Waals surface area contributed by atoms with Crippen molar-refractivity contribution in [2.75, 3.05) is 26.2 Å². The summed E-state index contributed by atoms with van der Waals surface area (Å²) in [5.74, 6) is 0. The number of rotatable bonds is 3. The number of nitrogens with zero attached hydrogens (tertiary/aromatic N) is 1. The molecule has 4 rings (SSSR count). The van der Waals surface area contributed by atoms with Crippen LogP contribution in [0.1, 0.15) is 24.9 Å². The molecule has 4 heteroatoms. The minimum Gasteiger partial charge on any atom is -0.314 e. The van der Waals surface area contributed by atoms with Gasteiger partial charge in [0, 0.05) is 32.2 Å². The Morgan fingerprint density at radius 2 is 1.48 bits per heavy atom. The third-order valence-corrected chi connectivity index (χ3v) is 5.14. The summed E-state index contributed by atoms with van der Waals surface area (Å²) in [6.07, 6.45) is 1.16. The van der Waals surface area contributed by atoms with Gasteiger partial charge in [0.1, 0.15) is 0 Å². The van der Waals surface area contributed by atoms with Crippen LogP contribution < -0.4 is 5.32 Å². The van der Waals surface area contributed by atoms with Gasteiger partial charge in [-0.2, -0.15) is 0 Å². The molecule has 0 amide bonds. The van der Waals surface area contributed by atoms with Gasteiger partial charge in [0.15, 0.2) is 0 Å². The lowest BCUT2D eigenvalue weighted by Crippen LogP contribution is -2.45. The van der Waals surface area contributed by atoms with Crippen molar-refractivity contribution < 1.29 is 0 Å². The van der Waals surface area contributed by atoms with Gasteiger partial charge in [-0.1, -0.05) is 55.5 Å². The van der Waals surface area contributed by atoms with E-state index < -0.39 is 0 Å². The maximum Gasteiger partial charge on any atom is 0.0352 e. The summed E-state index contributed by atoms with van der Waals surface area (Å²) in [4.78, 5) is 2.65. The first-order chi connectivity index (χ1) is 11.4. The molecule has 3 aromatic rings. The Labute approximate surface area is 162 Å². The summed E-state index contributed by atoms with van der Waals surface area (Å²) in [6.45, 7) is 6.79. The van der Waals surface area contributed by atoms with E-state index in [0.717, 1.165) is 32.6 Å². The largest absolute Gasteiger partial charge is 0.314 e. The Morgan fingerprint density at radius 1 is 0.880 bits per heavy atom. The summed E-state index contributed by atoms with van der Waals surface area (Å²) in [5.41, 5.74) is 1.49. The number of hydrogen-bond acceptors (Lipinski definition) is 2. The average Bonchev–Trinajstić information content (AvgIpc) is 2.63. The van der Waals surface area contributed by atoms with Crippen molar-refractivity contribution in [1.29, 1.82) is 0 Å². The van der Waals surface area contributed by atoms with E-state index in [2.05, 4.69) is 71.7 Å². The van der Waals surface area contributed by atoms with E-state index in [1.54, 1.807) is 0 Å². The number of fused-ring (bicyclic) bond motifs is 3. The first-order valence-corrected chi connectivity index (χ1v) is 8.73. The van der Waals surface area contributed by atoms with Gasteiger partial charge in [0.05, 0.1) is 0 Å². The van der Waals surface area contributed by atoms with Crippen LogP contribution in [0.3, 0.4) is 0 Å². The van der Waals surface area contributed by atoms with Crippen LogP contribution in [0.2, 0.25) is 0 Å². The summed E-state index contributed by atoms with van der Waals surface area (Å²) in [7, 11) is 0. The van der Waals surface area contributed by atoms with Gasteiger partial charge in [-0.05, 0) is 39.6 Å². The molecule has 0 aliphatic carbocycles. The quantitative estimate of drug-likeness (QED) is 0.632. The highest BCUT2D eigenvalue weighted by Gasteiger charge is 2.22. The molecule has 0 aromatic heterocycles. The van der Waals surface area contributed by atoms with Gasteiger partial charge < -0.3 is 5.32 Å². The lowest BCUT2D eigenvalue weighted by Gasteiger charge is -2.35. The number of piperazine rings is 1. The van der Waals surface area contributed by atoms with E-state index in [4.69, 9.17) is 0 Å². The molecule has 25 heavy (non-hydrogen) atoms. The Hall–Kier alpha value is -1.32. The molecule has 1 aliphatic rings. The fourth-order valence-corrected chi connectivity index (χ4v) is 4.03. The van der Waals surface area contributed by atoms with Crippen LogP contribution in [0.5, 0.6) is 0 Å². The molecular formula is C21H26Cl2N2. The molecular weight excluding hydrogens is 351 g/mol. The summed E-state index contributed by atoms with van der Waals surface area (Å²) >= 11 is 0. The molecule has 1 N–H and O–H groups in total. The fourth-order valence-electron chi connectivity index (χ4n) is 4.03. The normalized spacial score (nSPS) is 16.2. The second-order valence-corrected chi connectivity index (χ2v) is 6.44. The molecule has 1 fully saturated rings. The molecule has 1 saturated heterocycles. The van der Waals surface area contributed by atoms with Crippen molar-refractivity contribution in [3.05, 3.63) is 60.2 Å². The molecule has 2 nitrogen and oxygen atoms in total. The molecule has 0 radical (unpaired) electrons. The first kappa shape index (κ1) is 20.0. The Morgan fingerprint density at radius 3 is 2.16 bits per heavy atom. The standard InChI is InChI=1S/C21H24N2.2ClH/c1-2-21(23-13-11-22-12-14-23)20-15-16-7-3-4-8-17(16)18-9-5-6-10-19(18)20;;/h3-10,15,21-22H,2,11-14H2,1H3;2*1H/t21-;;/m0../s1. The van der Waals surface area contributed by atoms with Crippen molar-refractivity contribution in [3.8, 4) is 0 Å². The van der Waals surface area contributed by atoms with E-state index in [1.165, 1.54) is 27.1 Å². The minimum absolute atomic E-state index is 0. The van der Waals surface area contributed by atoms with Gasteiger partial charge in [-0.25, -0.2) is 0 Å². The smallest absolute Gasteiger partial charge is 0.0352 e. The topological polar surface area (TPSA) is 15.3 Å². The van der Waals surface area contributed by atoms with Crippen LogP contribution >= 0.6 is 24.8 Å². The highest BCUT2D eigenvalue weighted by atomic mass is 35.5. The molecule has 0 bridgehead atoms. The molecule has 3 aromatic carbocycles. The van der Waals surface area contributed by atoms with Crippen LogP contribution in [0, 0.1) is 0 Å². The van der Waals surface area contributed by atoms with Crippen LogP contribution in [-0.2, 0) is 0 Å². The summed E-state index contributed by atoms with van der Waals surface area (Å²) in [6, 6.07) is 20.6. The van der Waals surface area contributed by atoms with Crippen LogP contribution in [-0.4, -0.2) is 31.1 Å². The highest BCUT2D eigenvalue weighted by Crippen LogP contribution is 2.35. The fraction of sp³-hybridized carbons (Fsp3) is 0.333. The minimum atomic E-state index is 0. The lowest BCUT2D eigenvalue weighted by atomic mass is 9.91. The maximum absolute atomic E-state index is 3.47. The average molecular weight is 377 g/mol. The van der Waals surface area contributed by atoms with Gasteiger partial charge in [-0.15, -0.1) is 24.8 Å². The second-order valence-electron chi connectivity index (χ2n) is 6.44. The summed E-state index contributed by atoms with van der Waals surface area (Å²) < 4.78 is 0.